The van der Waals surface area contributed by atoms with E-state index >= 15 is 0 Å². The zero-order valence-corrected chi connectivity index (χ0v) is 15.0. The molecule has 0 atom stereocenters. The van der Waals surface area contributed by atoms with Crippen molar-refractivity contribution in [3.05, 3.63) is 29.8 Å². The molecule has 0 aliphatic carbocycles. The van der Waals surface area contributed by atoms with Gasteiger partial charge < -0.3 is 19.0 Å². The fourth-order valence-electron chi connectivity index (χ4n) is 2.63. The van der Waals surface area contributed by atoms with E-state index < -0.39 is 0 Å². The van der Waals surface area contributed by atoms with E-state index in [9.17, 15) is 0 Å². The first-order chi connectivity index (χ1) is 11.7. The topological polar surface area (TPSA) is 49.3 Å². The Bertz CT molecular complexity index is 493. The lowest BCUT2D eigenvalue weighted by Crippen LogP contribution is -2.29. The average molecular weight is 335 g/mol. The molecule has 1 saturated heterocycles. The molecule has 134 valence electrons. The van der Waals surface area contributed by atoms with Crippen LogP contribution in [0.2, 0.25) is 0 Å². The molecule has 0 amide bonds. The molecule has 5 heteroatoms. The highest BCUT2D eigenvalue weighted by molar-refractivity contribution is 6.00. The molecule has 0 N–H and O–H groups in total. The summed E-state index contributed by atoms with van der Waals surface area (Å²) in [5.41, 5.74) is 2.03. The van der Waals surface area contributed by atoms with Crippen LogP contribution in [-0.4, -0.2) is 38.9 Å². The van der Waals surface area contributed by atoms with Gasteiger partial charge in [0.25, 0.3) is 0 Å². The Morgan fingerprint density at radius 1 is 1.17 bits per heavy atom. The lowest BCUT2D eigenvalue weighted by molar-refractivity contribution is -0.191. The van der Waals surface area contributed by atoms with Crippen molar-refractivity contribution in [1.29, 1.82) is 0 Å². The Hall–Kier alpha value is -1.59. The van der Waals surface area contributed by atoms with Crippen LogP contribution in [0.5, 0.6) is 5.75 Å². The van der Waals surface area contributed by atoms with Gasteiger partial charge in [0.1, 0.15) is 12.4 Å². The van der Waals surface area contributed by atoms with Crippen LogP contribution < -0.4 is 4.74 Å². The average Bonchev–Trinajstić information content (AvgIpc) is 2.63. The summed E-state index contributed by atoms with van der Waals surface area (Å²) >= 11 is 0. The molecule has 1 fully saturated rings. The maximum absolute atomic E-state index is 5.50. The Morgan fingerprint density at radius 2 is 1.88 bits per heavy atom. The zero-order chi connectivity index (χ0) is 17.2. The molecule has 1 aliphatic heterocycles. The molecular weight excluding hydrogens is 306 g/mol. The molecule has 0 saturated carbocycles. The molecule has 1 heterocycles. The van der Waals surface area contributed by atoms with Gasteiger partial charge in [0, 0.05) is 5.92 Å². The fourth-order valence-corrected chi connectivity index (χ4v) is 2.63. The van der Waals surface area contributed by atoms with Gasteiger partial charge in [-0.25, -0.2) is 0 Å². The highest BCUT2D eigenvalue weighted by atomic mass is 16.7. The van der Waals surface area contributed by atoms with E-state index in [0.29, 0.717) is 12.5 Å². The Morgan fingerprint density at radius 3 is 2.50 bits per heavy atom. The number of hydrogen-bond donors (Lipinski definition) is 0. The summed E-state index contributed by atoms with van der Waals surface area (Å²) in [4.78, 5) is 5.50. The van der Waals surface area contributed by atoms with Crippen LogP contribution in [0.15, 0.2) is 29.4 Å². The summed E-state index contributed by atoms with van der Waals surface area (Å²) in [6.45, 7) is 6.27. The quantitative estimate of drug-likeness (QED) is 0.389. The molecular formula is C19H29NO4. The van der Waals surface area contributed by atoms with Gasteiger partial charge in [0.15, 0.2) is 6.29 Å². The summed E-state index contributed by atoms with van der Waals surface area (Å²) in [5.74, 6) is 1.36. The van der Waals surface area contributed by atoms with Crippen molar-refractivity contribution in [3.63, 3.8) is 0 Å². The van der Waals surface area contributed by atoms with Crippen molar-refractivity contribution < 1.29 is 19.0 Å². The normalized spacial score (nSPS) is 21.5. The standard InChI is InChI=1S/C19H29NO4/c1-4-19(17-8-10-18(21-3)11-9-17)20-24-12-6-5-7-16-13-22-15(2)23-14-16/h8-11,15-16H,4-7,12-14H2,1-3H3. The Labute approximate surface area is 144 Å². The van der Waals surface area contributed by atoms with Crippen molar-refractivity contribution >= 4 is 5.71 Å². The number of nitrogens with zero attached hydrogens (tertiary/aromatic N) is 1. The fraction of sp³-hybridized carbons (Fsp3) is 0.632. The molecule has 1 aliphatic rings. The van der Waals surface area contributed by atoms with Gasteiger partial charge in [-0.3, -0.25) is 0 Å². The van der Waals surface area contributed by atoms with E-state index in [1.165, 1.54) is 0 Å². The first-order valence-electron chi connectivity index (χ1n) is 8.79. The third-order valence-corrected chi connectivity index (χ3v) is 4.16. The second kappa shape index (κ2) is 10.3. The number of methoxy groups -OCH3 is 1. The molecule has 0 bridgehead atoms. The molecule has 1 aromatic carbocycles. The van der Waals surface area contributed by atoms with E-state index in [1.807, 2.05) is 31.2 Å². The van der Waals surface area contributed by atoms with Gasteiger partial charge in [-0.05, 0) is 62.4 Å². The van der Waals surface area contributed by atoms with Crippen LogP contribution in [0, 0.1) is 5.92 Å². The maximum atomic E-state index is 5.50. The molecule has 24 heavy (non-hydrogen) atoms. The van der Waals surface area contributed by atoms with Crippen molar-refractivity contribution in [1.82, 2.24) is 0 Å². The second-order valence-electron chi connectivity index (χ2n) is 6.05. The van der Waals surface area contributed by atoms with Crippen molar-refractivity contribution in [2.75, 3.05) is 26.9 Å². The van der Waals surface area contributed by atoms with Gasteiger partial charge in [-0.2, -0.15) is 0 Å². The Balaban J connectivity index is 1.66. The van der Waals surface area contributed by atoms with E-state index in [0.717, 1.165) is 55.9 Å². The van der Waals surface area contributed by atoms with Crippen molar-refractivity contribution in [2.45, 2.75) is 45.8 Å². The van der Waals surface area contributed by atoms with E-state index in [1.54, 1.807) is 7.11 Å². The molecule has 5 nitrogen and oxygen atoms in total. The highest BCUT2D eigenvalue weighted by Crippen LogP contribution is 2.17. The monoisotopic (exact) mass is 335 g/mol. The smallest absolute Gasteiger partial charge is 0.154 e. The van der Waals surface area contributed by atoms with E-state index in [-0.39, 0.29) is 6.29 Å². The molecule has 0 aromatic heterocycles. The molecule has 1 aromatic rings. The summed E-state index contributed by atoms with van der Waals surface area (Å²) in [5, 5.41) is 4.29. The summed E-state index contributed by atoms with van der Waals surface area (Å²) in [6, 6.07) is 7.90. The molecule has 0 unspecified atom stereocenters. The predicted molar refractivity (Wildman–Crippen MR) is 94.5 cm³/mol. The highest BCUT2D eigenvalue weighted by Gasteiger charge is 2.18. The van der Waals surface area contributed by atoms with Crippen LogP contribution in [0.3, 0.4) is 0 Å². The third-order valence-electron chi connectivity index (χ3n) is 4.16. The molecule has 0 radical (unpaired) electrons. The number of hydrogen-bond acceptors (Lipinski definition) is 5. The first-order valence-corrected chi connectivity index (χ1v) is 8.79. The minimum Gasteiger partial charge on any atom is -0.497 e. The van der Waals surface area contributed by atoms with Gasteiger partial charge >= 0.3 is 0 Å². The SMILES string of the molecule is CCC(=NOCCCCC1COC(C)OC1)c1ccc(OC)cc1. The van der Waals surface area contributed by atoms with E-state index in [2.05, 4.69) is 12.1 Å². The van der Waals surface area contributed by atoms with Crippen molar-refractivity contribution in [3.8, 4) is 5.75 Å². The number of unbranched alkanes of at least 4 members (excludes halogenated alkanes) is 1. The predicted octanol–water partition coefficient (Wildman–Crippen LogP) is 4.01. The van der Waals surface area contributed by atoms with Gasteiger partial charge in [0.05, 0.1) is 26.0 Å². The minimum atomic E-state index is -0.0515. The summed E-state index contributed by atoms with van der Waals surface area (Å²) in [6.07, 6.45) is 3.99. The number of oxime groups is 1. The molecule has 0 spiro atoms. The van der Waals surface area contributed by atoms with Crippen molar-refractivity contribution in [2.24, 2.45) is 11.1 Å². The lowest BCUT2D eigenvalue weighted by atomic mass is 10.0. The number of benzene rings is 1. The first kappa shape index (κ1) is 18.7. The van der Waals surface area contributed by atoms with Crippen LogP contribution in [-0.2, 0) is 14.3 Å². The second-order valence-corrected chi connectivity index (χ2v) is 6.05. The number of ether oxygens (including phenoxy) is 3. The zero-order valence-electron chi connectivity index (χ0n) is 15.0. The van der Waals surface area contributed by atoms with E-state index in [4.69, 9.17) is 19.0 Å². The lowest BCUT2D eigenvalue weighted by Gasteiger charge is -2.27. The minimum absolute atomic E-state index is 0.0515. The number of rotatable bonds is 9. The molecule has 2 rings (SSSR count). The maximum Gasteiger partial charge on any atom is 0.154 e. The Kier molecular flexibility index (Phi) is 8.05. The van der Waals surface area contributed by atoms with Gasteiger partial charge in [-0.1, -0.05) is 12.1 Å². The van der Waals surface area contributed by atoms with Crippen LogP contribution in [0.1, 0.15) is 45.1 Å². The van der Waals surface area contributed by atoms with Crippen LogP contribution in [0.4, 0.5) is 0 Å². The largest absolute Gasteiger partial charge is 0.497 e. The summed E-state index contributed by atoms with van der Waals surface area (Å²) < 4.78 is 16.2. The van der Waals surface area contributed by atoms with Gasteiger partial charge in [-0.15, -0.1) is 0 Å². The van der Waals surface area contributed by atoms with Gasteiger partial charge in [0.2, 0.25) is 0 Å². The van der Waals surface area contributed by atoms with Crippen LogP contribution in [0.25, 0.3) is 0 Å². The summed E-state index contributed by atoms with van der Waals surface area (Å²) in [7, 11) is 1.67. The third kappa shape index (κ3) is 6.13. The van der Waals surface area contributed by atoms with Crippen LogP contribution >= 0.6 is 0 Å².